The summed E-state index contributed by atoms with van der Waals surface area (Å²) in [4.78, 5) is 36.2. The average Bonchev–Trinajstić information content (AvgIpc) is 3.15. The number of fused-ring (bicyclic) bond motifs is 2. The van der Waals surface area contributed by atoms with E-state index in [1.807, 2.05) is 0 Å². The summed E-state index contributed by atoms with van der Waals surface area (Å²) in [5, 5.41) is 10.5. The van der Waals surface area contributed by atoms with Crippen molar-refractivity contribution in [1.29, 1.82) is 0 Å². The highest BCUT2D eigenvalue weighted by Gasteiger charge is 2.53. The van der Waals surface area contributed by atoms with Crippen LogP contribution in [0.15, 0.2) is 29.1 Å². The Balaban J connectivity index is 1.58. The van der Waals surface area contributed by atoms with Crippen molar-refractivity contribution < 1.29 is 9.90 Å². The Kier molecular flexibility index (Phi) is 4.28. The molecule has 0 saturated carbocycles. The number of aliphatic hydroxyl groups excluding tert-OH is 1. The number of hydrogen-bond donors (Lipinski definition) is 2. The predicted molar refractivity (Wildman–Crippen MR) is 98.0 cm³/mol. The fraction of sp³-hybridized carbons (Fsp3) is 0.526. The number of carbonyl (C=O) groups is 1. The number of aromatic amines is 1. The Morgan fingerprint density at radius 1 is 1.35 bits per heavy atom. The summed E-state index contributed by atoms with van der Waals surface area (Å²) in [6.07, 6.45) is 1.08. The van der Waals surface area contributed by atoms with E-state index in [2.05, 4.69) is 21.8 Å². The van der Waals surface area contributed by atoms with Gasteiger partial charge >= 0.3 is 0 Å². The molecule has 7 nitrogen and oxygen atoms in total. The molecule has 0 aliphatic carbocycles. The van der Waals surface area contributed by atoms with Crippen LogP contribution in [0.1, 0.15) is 24.0 Å². The van der Waals surface area contributed by atoms with Gasteiger partial charge in [-0.15, -0.1) is 0 Å². The molecule has 1 aromatic carbocycles. The summed E-state index contributed by atoms with van der Waals surface area (Å²) in [6, 6.07) is 7.00. The van der Waals surface area contributed by atoms with E-state index in [4.69, 9.17) is 0 Å². The molecule has 0 spiro atoms. The van der Waals surface area contributed by atoms with Gasteiger partial charge in [0.05, 0.1) is 17.5 Å². The molecule has 2 unspecified atom stereocenters. The summed E-state index contributed by atoms with van der Waals surface area (Å²) >= 11 is 0. The zero-order chi connectivity index (χ0) is 18.3. The maximum atomic E-state index is 12.9. The van der Waals surface area contributed by atoms with Gasteiger partial charge in [-0.05, 0) is 31.0 Å². The first-order valence-electron chi connectivity index (χ1n) is 9.18. The Labute approximate surface area is 151 Å². The van der Waals surface area contributed by atoms with E-state index in [0.717, 1.165) is 26.1 Å². The van der Waals surface area contributed by atoms with Crippen LogP contribution >= 0.6 is 0 Å². The summed E-state index contributed by atoms with van der Waals surface area (Å²) < 4.78 is 0. The molecule has 138 valence electrons. The number of aromatic nitrogens is 2. The zero-order valence-electron chi connectivity index (χ0n) is 14.9. The van der Waals surface area contributed by atoms with Crippen molar-refractivity contribution in [2.75, 3.05) is 39.3 Å². The molecule has 2 N–H and O–H groups in total. The molecular weight excluding hydrogens is 332 g/mol. The van der Waals surface area contributed by atoms with E-state index in [9.17, 15) is 14.7 Å². The van der Waals surface area contributed by atoms with Crippen LogP contribution in [0, 0.1) is 11.3 Å². The van der Waals surface area contributed by atoms with Crippen LogP contribution in [-0.2, 0) is 0 Å². The normalized spacial score (nSPS) is 25.8. The highest BCUT2D eigenvalue weighted by Crippen LogP contribution is 2.42. The minimum absolute atomic E-state index is 0.0727. The molecule has 2 saturated heterocycles. The zero-order valence-corrected chi connectivity index (χ0v) is 14.9. The molecule has 0 bridgehead atoms. The van der Waals surface area contributed by atoms with Crippen molar-refractivity contribution >= 4 is 16.8 Å². The average molecular weight is 356 g/mol. The minimum Gasteiger partial charge on any atom is -0.396 e. The molecule has 2 aromatic rings. The molecule has 7 heteroatoms. The van der Waals surface area contributed by atoms with Crippen LogP contribution in [0.5, 0.6) is 0 Å². The van der Waals surface area contributed by atoms with Gasteiger partial charge in [0.25, 0.3) is 11.5 Å². The molecule has 2 fully saturated rings. The van der Waals surface area contributed by atoms with Gasteiger partial charge in [0.2, 0.25) is 0 Å². The van der Waals surface area contributed by atoms with E-state index < -0.39 is 0 Å². The smallest absolute Gasteiger partial charge is 0.289 e. The van der Waals surface area contributed by atoms with Crippen molar-refractivity contribution in [2.45, 2.75) is 13.3 Å². The number of carbonyl (C=O) groups excluding carboxylic acids is 1. The quantitative estimate of drug-likeness (QED) is 0.842. The SMILES string of the molecule is CCCN1CC2CN(C(=O)c3nc4ccccc4c(=O)[nH]3)CC2(CO)C1. The molecule has 4 rings (SSSR count). The van der Waals surface area contributed by atoms with Crippen LogP contribution in [0.3, 0.4) is 0 Å². The van der Waals surface area contributed by atoms with Crippen LogP contribution in [0.4, 0.5) is 0 Å². The maximum Gasteiger partial charge on any atom is 0.289 e. The number of rotatable bonds is 4. The predicted octanol–water partition coefficient (Wildman–Crippen LogP) is 0.699. The van der Waals surface area contributed by atoms with Gasteiger partial charge in [-0.1, -0.05) is 19.1 Å². The number of hydrogen-bond acceptors (Lipinski definition) is 5. The van der Waals surface area contributed by atoms with Gasteiger partial charge in [0.1, 0.15) is 0 Å². The lowest BCUT2D eigenvalue weighted by atomic mass is 9.82. The molecule has 2 atom stereocenters. The Hall–Kier alpha value is -2.25. The maximum absolute atomic E-state index is 12.9. The summed E-state index contributed by atoms with van der Waals surface area (Å²) in [5.74, 6) is 0.0690. The Morgan fingerprint density at radius 3 is 2.88 bits per heavy atom. The van der Waals surface area contributed by atoms with E-state index in [1.54, 1.807) is 29.2 Å². The van der Waals surface area contributed by atoms with Crippen LogP contribution in [-0.4, -0.2) is 70.1 Å². The van der Waals surface area contributed by atoms with Gasteiger partial charge in [-0.2, -0.15) is 0 Å². The summed E-state index contributed by atoms with van der Waals surface area (Å²) in [5.41, 5.74) is -0.0450. The summed E-state index contributed by atoms with van der Waals surface area (Å²) in [6.45, 7) is 6.06. The van der Waals surface area contributed by atoms with Crippen molar-refractivity contribution in [3.05, 3.63) is 40.4 Å². The molecule has 26 heavy (non-hydrogen) atoms. The number of aliphatic hydroxyl groups is 1. The number of para-hydroxylation sites is 1. The number of nitrogens with one attached hydrogen (secondary N) is 1. The lowest BCUT2D eigenvalue weighted by Crippen LogP contribution is -2.39. The number of amides is 1. The van der Waals surface area contributed by atoms with Gasteiger partial charge < -0.3 is 19.9 Å². The van der Waals surface area contributed by atoms with Gasteiger partial charge in [-0.3, -0.25) is 9.59 Å². The first kappa shape index (κ1) is 17.2. The van der Waals surface area contributed by atoms with E-state index in [0.29, 0.717) is 24.0 Å². The first-order chi connectivity index (χ1) is 12.6. The Bertz CT molecular complexity index is 896. The van der Waals surface area contributed by atoms with E-state index in [1.165, 1.54) is 0 Å². The fourth-order valence-corrected chi connectivity index (χ4v) is 4.49. The second-order valence-electron chi connectivity index (χ2n) is 7.57. The molecule has 1 amide bonds. The minimum atomic E-state index is -0.302. The van der Waals surface area contributed by atoms with Crippen molar-refractivity contribution in [3.63, 3.8) is 0 Å². The second kappa shape index (κ2) is 6.48. The highest BCUT2D eigenvalue weighted by molar-refractivity contribution is 5.92. The van der Waals surface area contributed by atoms with Gasteiger partial charge in [-0.25, -0.2) is 4.98 Å². The standard InChI is InChI=1S/C19H24N4O3/c1-2-7-22-8-13-9-23(11-19(13,10-22)12-24)18(26)16-20-15-6-4-3-5-14(15)17(25)21-16/h3-6,13,24H,2,7-12H2,1H3,(H,20,21,25). The van der Waals surface area contributed by atoms with Gasteiger partial charge in [0.15, 0.2) is 5.82 Å². The third-order valence-corrected chi connectivity index (χ3v) is 5.79. The lowest BCUT2D eigenvalue weighted by molar-refractivity contribution is 0.0710. The highest BCUT2D eigenvalue weighted by atomic mass is 16.3. The van der Waals surface area contributed by atoms with E-state index in [-0.39, 0.29) is 35.2 Å². The fourth-order valence-electron chi connectivity index (χ4n) is 4.49. The van der Waals surface area contributed by atoms with Crippen LogP contribution < -0.4 is 5.56 Å². The van der Waals surface area contributed by atoms with Crippen molar-refractivity contribution in [2.24, 2.45) is 11.3 Å². The molecule has 2 aliphatic heterocycles. The number of H-pyrrole nitrogens is 1. The second-order valence-corrected chi connectivity index (χ2v) is 7.57. The third kappa shape index (κ3) is 2.71. The largest absolute Gasteiger partial charge is 0.396 e. The molecular formula is C19H24N4O3. The van der Waals surface area contributed by atoms with Crippen molar-refractivity contribution in [1.82, 2.24) is 19.8 Å². The molecule has 0 radical (unpaired) electrons. The molecule has 2 aliphatic rings. The van der Waals surface area contributed by atoms with E-state index >= 15 is 0 Å². The Morgan fingerprint density at radius 2 is 2.15 bits per heavy atom. The number of benzene rings is 1. The topological polar surface area (TPSA) is 89.5 Å². The van der Waals surface area contributed by atoms with Crippen LogP contribution in [0.2, 0.25) is 0 Å². The van der Waals surface area contributed by atoms with Crippen LogP contribution in [0.25, 0.3) is 10.9 Å². The molecule has 3 heterocycles. The first-order valence-corrected chi connectivity index (χ1v) is 9.18. The number of nitrogens with zero attached hydrogens (tertiary/aromatic N) is 3. The number of likely N-dealkylation sites (tertiary alicyclic amines) is 2. The monoisotopic (exact) mass is 356 g/mol. The summed E-state index contributed by atoms with van der Waals surface area (Å²) in [7, 11) is 0. The van der Waals surface area contributed by atoms with Gasteiger partial charge in [0, 0.05) is 31.6 Å². The van der Waals surface area contributed by atoms with Crippen molar-refractivity contribution in [3.8, 4) is 0 Å². The molecule has 1 aromatic heterocycles. The third-order valence-electron chi connectivity index (χ3n) is 5.79. The lowest BCUT2D eigenvalue weighted by Gasteiger charge is -2.27.